The monoisotopic (exact) mass is 378 g/mol. The molecule has 8 heteroatoms. The minimum Gasteiger partial charge on any atom is -0.377 e. The summed E-state index contributed by atoms with van der Waals surface area (Å²) in [7, 11) is -0.234. The van der Waals surface area contributed by atoms with Crippen LogP contribution in [-0.4, -0.2) is 27.1 Å². The van der Waals surface area contributed by atoms with Crippen LogP contribution in [0.3, 0.4) is 0 Å². The molecule has 0 aromatic heterocycles. The van der Waals surface area contributed by atoms with Gasteiger partial charge in [0.05, 0.1) is 16.3 Å². The van der Waals surface area contributed by atoms with Crippen molar-refractivity contribution in [2.45, 2.75) is 4.90 Å². The van der Waals surface area contributed by atoms with Crippen LogP contribution < -0.4 is 34.5 Å². The molecule has 0 amide bonds. The molecule has 26 heavy (non-hydrogen) atoms. The van der Waals surface area contributed by atoms with Crippen LogP contribution in [0.2, 0.25) is 0 Å². The first-order valence-electron chi connectivity index (χ1n) is 7.54. The van der Waals surface area contributed by atoms with Crippen LogP contribution >= 0.6 is 0 Å². The van der Waals surface area contributed by atoms with Gasteiger partial charge in [0.2, 0.25) is 0 Å². The van der Waals surface area contributed by atoms with E-state index in [1.54, 1.807) is 0 Å². The van der Waals surface area contributed by atoms with Crippen LogP contribution in [0.15, 0.2) is 75.8 Å². The second-order valence-corrected chi connectivity index (χ2v) is 7.13. The third-order valence-electron chi connectivity index (χ3n) is 3.77. The molecule has 0 fully saturated rings. The van der Waals surface area contributed by atoms with E-state index in [9.17, 15) is 8.42 Å². The van der Waals surface area contributed by atoms with Crippen molar-refractivity contribution in [1.29, 1.82) is 0 Å². The number of nitrogens with zero attached hydrogens (tertiary/aromatic N) is 3. The molecule has 128 valence electrons. The zero-order chi connectivity index (χ0) is 18.0. The summed E-state index contributed by atoms with van der Waals surface area (Å²) in [6.07, 6.45) is 0. The summed E-state index contributed by atoms with van der Waals surface area (Å²) in [6, 6.07) is 17.4. The quantitative estimate of drug-likeness (QED) is 0.424. The molecule has 0 aliphatic rings. The van der Waals surface area contributed by atoms with E-state index in [-0.39, 0.29) is 34.5 Å². The molecular weight excluding hydrogens is 361 g/mol. The fourth-order valence-corrected chi connectivity index (χ4v) is 3.02. The van der Waals surface area contributed by atoms with Crippen molar-refractivity contribution in [2.24, 2.45) is 10.2 Å². The molecule has 0 aliphatic carbocycles. The summed E-state index contributed by atoms with van der Waals surface area (Å²) in [6.45, 7) is 0. The molecule has 6 nitrogen and oxygen atoms in total. The summed E-state index contributed by atoms with van der Waals surface area (Å²) in [4.78, 5) is 1.87. The first kappa shape index (κ1) is 20.5. The van der Waals surface area contributed by atoms with Gasteiger partial charge in [-0.3, -0.25) is 4.55 Å². The first-order chi connectivity index (χ1) is 11.9. The number of benzene rings is 3. The maximum absolute atomic E-state index is 11.1. The van der Waals surface area contributed by atoms with Gasteiger partial charge in [0.15, 0.2) is 0 Å². The third kappa shape index (κ3) is 4.49. The molecule has 3 rings (SSSR count). The zero-order valence-electron chi connectivity index (χ0n) is 14.8. The zero-order valence-corrected chi connectivity index (χ0v) is 17.6. The van der Waals surface area contributed by atoms with Crippen molar-refractivity contribution in [2.75, 3.05) is 19.0 Å². The molecule has 0 bridgehead atoms. The fraction of sp³-hybridized carbons (Fsp3) is 0.111. The van der Waals surface area contributed by atoms with Crippen LogP contribution in [0.4, 0.5) is 17.1 Å². The van der Waals surface area contributed by atoms with Crippen molar-refractivity contribution >= 4 is 38.0 Å². The van der Waals surface area contributed by atoms with Gasteiger partial charge in [-0.15, -0.1) is 5.11 Å². The minimum absolute atomic E-state index is 0. The van der Waals surface area contributed by atoms with Crippen LogP contribution in [0.1, 0.15) is 0 Å². The molecule has 0 unspecified atom stereocenters. The van der Waals surface area contributed by atoms with Gasteiger partial charge >= 0.3 is 29.6 Å². The average molecular weight is 378 g/mol. The Labute approximate surface area is 174 Å². The Kier molecular flexibility index (Phi) is 6.54. The standard InChI is InChI=1S/C18H17N3O3S.Na/c1-21(2)18-12-11-17(15-5-3-4-6-16(15)18)20-19-13-7-9-14(10-8-13)25(22,23)24;/h3-12H,1-2H3,(H,22,23,24);/q;+1. The van der Waals surface area contributed by atoms with E-state index in [1.807, 2.05) is 55.4 Å². The molecule has 0 radical (unpaired) electrons. The molecule has 3 aromatic carbocycles. The Bertz CT molecular complexity index is 1050. The van der Waals surface area contributed by atoms with Crippen molar-refractivity contribution in [3.8, 4) is 0 Å². The molecule has 0 saturated heterocycles. The van der Waals surface area contributed by atoms with E-state index in [4.69, 9.17) is 4.55 Å². The Morgan fingerprint density at radius 3 is 2.04 bits per heavy atom. The van der Waals surface area contributed by atoms with Gasteiger partial charge in [0, 0.05) is 30.6 Å². The maximum atomic E-state index is 11.1. The number of hydrogen-bond acceptors (Lipinski definition) is 5. The van der Waals surface area contributed by atoms with Crippen LogP contribution in [-0.2, 0) is 10.1 Å². The van der Waals surface area contributed by atoms with Gasteiger partial charge in [-0.1, -0.05) is 24.3 Å². The van der Waals surface area contributed by atoms with Crippen LogP contribution in [0, 0.1) is 0 Å². The van der Waals surface area contributed by atoms with E-state index in [2.05, 4.69) is 10.2 Å². The second kappa shape index (κ2) is 8.28. The summed E-state index contributed by atoms with van der Waals surface area (Å²) in [5.74, 6) is 0. The largest absolute Gasteiger partial charge is 1.00 e. The van der Waals surface area contributed by atoms with Crippen molar-refractivity contribution < 1.29 is 42.5 Å². The Hall–Kier alpha value is -1.77. The van der Waals surface area contributed by atoms with Gasteiger partial charge in [-0.05, 0) is 36.4 Å². The topological polar surface area (TPSA) is 82.3 Å². The van der Waals surface area contributed by atoms with E-state index in [0.717, 1.165) is 22.1 Å². The number of hydrogen-bond donors (Lipinski definition) is 1. The minimum atomic E-state index is -4.21. The number of fused-ring (bicyclic) bond motifs is 1. The predicted octanol–water partition coefficient (Wildman–Crippen LogP) is 1.57. The molecule has 1 N–H and O–H groups in total. The number of anilines is 1. The molecule has 3 aromatic rings. The third-order valence-corrected chi connectivity index (χ3v) is 4.64. The molecule has 0 aliphatic heterocycles. The van der Waals surface area contributed by atoms with Gasteiger partial charge in [-0.2, -0.15) is 13.5 Å². The van der Waals surface area contributed by atoms with Gasteiger partial charge in [-0.25, -0.2) is 0 Å². The van der Waals surface area contributed by atoms with Crippen molar-refractivity contribution in [1.82, 2.24) is 0 Å². The smallest absolute Gasteiger partial charge is 0.377 e. The number of azo groups is 1. The molecule has 0 saturated carbocycles. The van der Waals surface area contributed by atoms with E-state index in [1.165, 1.54) is 24.3 Å². The SMILES string of the molecule is CN(C)c1ccc(N=Nc2ccc(S(=O)(=O)O)cc2)c2ccccc12.[Na+]. The first-order valence-corrected chi connectivity index (χ1v) is 8.98. The normalized spacial score (nSPS) is 11.5. The summed E-state index contributed by atoms with van der Waals surface area (Å²) in [5.41, 5.74) is 2.31. The summed E-state index contributed by atoms with van der Waals surface area (Å²) in [5, 5.41) is 10.5. The molecule has 0 atom stereocenters. The van der Waals surface area contributed by atoms with Crippen LogP contribution in [0.25, 0.3) is 10.8 Å². The molecule has 0 spiro atoms. The van der Waals surface area contributed by atoms with Crippen molar-refractivity contribution in [3.63, 3.8) is 0 Å². The Morgan fingerprint density at radius 2 is 1.46 bits per heavy atom. The Morgan fingerprint density at radius 1 is 0.846 bits per heavy atom. The predicted molar refractivity (Wildman–Crippen MR) is 98.7 cm³/mol. The average Bonchev–Trinajstić information content (AvgIpc) is 2.59. The van der Waals surface area contributed by atoms with Crippen molar-refractivity contribution in [3.05, 3.63) is 60.7 Å². The maximum Gasteiger partial charge on any atom is 1.00 e. The van der Waals surface area contributed by atoms with E-state index >= 15 is 0 Å². The molecular formula is C18H17N3NaO3S+. The summed E-state index contributed by atoms with van der Waals surface area (Å²) < 4.78 is 31.1. The number of rotatable bonds is 4. The van der Waals surface area contributed by atoms with Gasteiger partial charge < -0.3 is 4.90 Å². The molecule has 0 heterocycles. The summed E-state index contributed by atoms with van der Waals surface area (Å²) >= 11 is 0. The van der Waals surface area contributed by atoms with E-state index < -0.39 is 10.1 Å². The van der Waals surface area contributed by atoms with Gasteiger partial charge in [0.25, 0.3) is 10.1 Å². The van der Waals surface area contributed by atoms with Crippen LogP contribution in [0.5, 0.6) is 0 Å². The van der Waals surface area contributed by atoms with Gasteiger partial charge in [0.1, 0.15) is 0 Å². The Balaban J connectivity index is 0.00000243. The fourth-order valence-electron chi connectivity index (χ4n) is 2.54. The second-order valence-electron chi connectivity index (χ2n) is 5.71. The van der Waals surface area contributed by atoms with E-state index in [0.29, 0.717) is 5.69 Å².